The Balaban J connectivity index is 1.63. The number of aromatic nitrogens is 1. The maximum atomic E-state index is 12.2. The molecule has 1 amide bonds. The number of amides is 1. The number of nitro groups is 1. The molecule has 0 saturated heterocycles. The van der Waals surface area contributed by atoms with Crippen molar-refractivity contribution >= 4 is 34.6 Å². The van der Waals surface area contributed by atoms with Gasteiger partial charge in [-0.15, -0.1) is 11.3 Å². The van der Waals surface area contributed by atoms with Crippen LogP contribution in [-0.4, -0.2) is 28.4 Å². The predicted octanol–water partition coefficient (Wildman–Crippen LogP) is 4.13. The first-order valence-electron chi connectivity index (χ1n) is 8.58. The molecule has 1 heterocycles. The second kappa shape index (κ2) is 8.61. The smallest absolute Gasteiger partial charge is 0.358 e. The molecular weight excluding hydrogens is 394 g/mol. The number of carbonyl (C=O) groups is 2. The van der Waals surface area contributed by atoms with Gasteiger partial charge in [0.05, 0.1) is 4.92 Å². The van der Waals surface area contributed by atoms with Gasteiger partial charge in [0, 0.05) is 17.0 Å². The van der Waals surface area contributed by atoms with Crippen molar-refractivity contribution in [2.24, 2.45) is 0 Å². The normalized spacial score (nSPS) is 10.4. The van der Waals surface area contributed by atoms with Crippen molar-refractivity contribution in [1.29, 1.82) is 0 Å². The lowest BCUT2D eigenvalue weighted by atomic mass is 10.1. The number of aryl methyl sites for hydroxylation is 2. The zero-order valence-corrected chi connectivity index (χ0v) is 16.5. The van der Waals surface area contributed by atoms with Gasteiger partial charge in [0.2, 0.25) is 0 Å². The van der Waals surface area contributed by atoms with Gasteiger partial charge in [-0.05, 0) is 31.0 Å². The lowest BCUT2D eigenvalue weighted by Crippen LogP contribution is -2.21. The van der Waals surface area contributed by atoms with E-state index in [-0.39, 0.29) is 17.1 Å². The predicted molar refractivity (Wildman–Crippen MR) is 109 cm³/mol. The van der Waals surface area contributed by atoms with Crippen LogP contribution in [0.15, 0.2) is 47.8 Å². The van der Waals surface area contributed by atoms with Crippen molar-refractivity contribution in [3.8, 4) is 10.6 Å². The van der Waals surface area contributed by atoms with Crippen LogP contribution >= 0.6 is 11.3 Å². The van der Waals surface area contributed by atoms with Gasteiger partial charge in [0.15, 0.2) is 12.3 Å². The van der Waals surface area contributed by atoms with E-state index in [1.807, 2.05) is 30.3 Å². The zero-order chi connectivity index (χ0) is 21.0. The summed E-state index contributed by atoms with van der Waals surface area (Å²) in [5.41, 5.74) is 2.33. The minimum absolute atomic E-state index is 0.0548. The summed E-state index contributed by atoms with van der Waals surface area (Å²) in [7, 11) is 0. The SMILES string of the molecule is Cc1cc(NC(=O)COC(=O)c2csc(-c3ccccc3)n2)c([N+](=O)[O-])cc1C. The summed E-state index contributed by atoms with van der Waals surface area (Å²) in [4.78, 5) is 39.1. The molecule has 148 valence electrons. The average molecular weight is 411 g/mol. The summed E-state index contributed by atoms with van der Waals surface area (Å²) < 4.78 is 4.99. The average Bonchev–Trinajstić information content (AvgIpc) is 3.19. The molecule has 3 rings (SSSR count). The van der Waals surface area contributed by atoms with E-state index < -0.39 is 23.4 Å². The highest BCUT2D eigenvalue weighted by atomic mass is 32.1. The molecule has 0 atom stereocenters. The highest BCUT2D eigenvalue weighted by molar-refractivity contribution is 7.13. The Morgan fingerprint density at radius 1 is 1.17 bits per heavy atom. The van der Waals surface area contributed by atoms with Crippen molar-refractivity contribution in [2.45, 2.75) is 13.8 Å². The fourth-order valence-electron chi connectivity index (χ4n) is 2.52. The highest BCUT2D eigenvalue weighted by Crippen LogP contribution is 2.28. The van der Waals surface area contributed by atoms with Crippen molar-refractivity contribution in [3.63, 3.8) is 0 Å². The summed E-state index contributed by atoms with van der Waals surface area (Å²) >= 11 is 1.29. The van der Waals surface area contributed by atoms with Crippen LogP contribution in [0.1, 0.15) is 21.6 Å². The molecule has 0 spiro atoms. The fraction of sp³-hybridized carbons (Fsp3) is 0.150. The minimum atomic E-state index is -0.742. The molecule has 1 N–H and O–H groups in total. The van der Waals surface area contributed by atoms with Crippen molar-refractivity contribution in [3.05, 3.63) is 74.8 Å². The van der Waals surface area contributed by atoms with E-state index in [9.17, 15) is 19.7 Å². The van der Waals surface area contributed by atoms with Gasteiger partial charge < -0.3 is 10.1 Å². The first kappa shape index (κ1) is 20.2. The number of thiazole rings is 1. The van der Waals surface area contributed by atoms with Gasteiger partial charge in [-0.2, -0.15) is 0 Å². The Bertz CT molecular complexity index is 1080. The highest BCUT2D eigenvalue weighted by Gasteiger charge is 2.19. The largest absolute Gasteiger partial charge is 0.451 e. The number of carbonyl (C=O) groups excluding carboxylic acids is 2. The van der Waals surface area contributed by atoms with Crippen molar-refractivity contribution in [2.75, 3.05) is 11.9 Å². The first-order valence-corrected chi connectivity index (χ1v) is 9.46. The molecule has 0 aliphatic heterocycles. The van der Waals surface area contributed by atoms with Gasteiger partial charge in [-0.1, -0.05) is 30.3 Å². The molecule has 0 unspecified atom stereocenters. The lowest BCUT2D eigenvalue weighted by molar-refractivity contribution is -0.384. The molecule has 0 radical (unpaired) electrons. The third kappa shape index (κ3) is 4.82. The van der Waals surface area contributed by atoms with E-state index >= 15 is 0 Å². The van der Waals surface area contributed by atoms with E-state index in [1.54, 1.807) is 19.2 Å². The number of anilines is 1. The van der Waals surface area contributed by atoms with Crippen LogP contribution in [0.5, 0.6) is 0 Å². The Hall–Kier alpha value is -3.59. The third-order valence-electron chi connectivity index (χ3n) is 4.15. The Morgan fingerprint density at radius 2 is 1.86 bits per heavy atom. The Kier molecular flexibility index (Phi) is 5.99. The van der Waals surface area contributed by atoms with Gasteiger partial charge in [0.25, 0.3) is 11.6 Å². The molecule has 0 aliphatic rings. The van der Waals surface area contributed by atoms with E-state index in [2.05, 4.69) is 10.3 Å². The van der Waals surface area contributed by atoms with Crippen LogP contribution in [0.25, 0.3) is 10.6 Å². The van der Waals surface area contributed by atoms with Gasteiger partial charge in [-0.25, -0.2) is 9.78 Å². The summed E-state index contributed by atoms with van der Waals surface area (Å²) in [6.07, 6.45) is 0. The third-order valence-corrected chi connectivity index (χ3v) is 5.04. The Labute approximate surface area is 170 Å². The maximum absolute atomic E-state index is 12.2. The molecular formula is C20H17N3O5S. The quantitative estimate of drug-likeness (QED) is 0.371. The number of esters is 1. The Morgan fingerprint density at radius 3 is 2.55 bits per heavy atom. The number of ether oxygens (including phenoxy) is 1. The van der Waals surface area contributed by atoms with E-state index in [1.165, 1.54) is 23.5 Å². The van der Waals surface area contributed by atoms with Crippen LogP contribution in [0.4, 0.5) is 11.4 Å². The summed E-state index contributed by atoms with van der Waals surface area (Å²) in [5, 5.41) is 15.8. The van der Waals surface area contributed by atoms with Crippen LogP contribution in [0, 0.1) is 24.0 Å². The number of nitrogens with one attached hydrogen (secondary N) is 1. The van der Waals surface area contributed by atoms with Crippen LogP contribution in [-0.2, 0) is 9.53 Å². The van der Waals surface area contributed by atoms with Gasteiger partial charge >= 0.3 is 5.97 Å². The maximum Gasteiger partial charge on any atom is 0.358 e. The number of hydrogen-bond acceptors (Lipinski definition) is 7. The molecule has 1 aromatic heterocycles. The van der Waals surface area contributed by atoms with Crippen LogP contribution < -0.4 is 5.32 Å². The summed E-state index contributed by atoms with van der Waals surface area (Å²) in [6.45, 7) is 2.94. The van der Waals surface area contributed by atoms with Crippen LogP contribution in [0.2, 0.25) is 0 Å². The minimum Gasteiger partial charge on any atom is -0.451 e. The molecule has 9 heteroatoms. The molecule has 0 aliphatic carbocycles. The van der Waals surface area contributed by atoms with Gasteiger partial charge in [0.1, 0.15) is 10.7 Å². The zero-order valence-electron chi connectivity index (χ0n) is 15.7. The summed E-state index contributed by atoms with van der Waals surface area (Å²) in [6, 6.07) is 12.3. The summed E-state index contributed by atoms with van der Waals surface area (Å²) in [5.74, 6) is -1.42. The first-order chi connectivity index (χ1) is 13.8. The van der Waals surface area contributed by atoms with Crippen LogP contribution in [0.3, 0.4) is 0 Å². The standard InChI is InChI=1S/C20H17N3O5S/c1-12-8-15(17(23(26)27)9-13(12)2)21-18(24)10-28-20(25)16-11-29-19(22-16)14-6-4-3-5-7-14/h3-9,11H,10H2,1-2H3,(H,21,24). The topological polar surface area (TPSA) is 111 Å². The number of nitrogens with zero attached hydrogens (tertiary/aromatic N) is 2. The van der Waals surface area contributed by atoms with Crippen molar-refractivity contribution in [1.82, 2.24) is 4.98 Å². The van der Waals surface area contributed by atoms with Crippen molar-refractivity contribution < 1.29 is 19.2 Å². The molecule has 0 fully saturated rings. The number of nitro benzene ring substituents is 1. The van der Waals surface area contributed by atoms with Gasteiger partial charge in [-0.3, -0.25) is 14.9 Å². The molecule has 3 aromatic rings. The fourth-order valence-corrected chi connectivity index (χ4v) is 3.32. The van der Waals surface area contributed by atoms with E-state index in [0.717, 1.165) is 16.7 Å². The number of rotatable bonds is 6. The second-order valence-corrected chi connectivity index (χ2v) is 7.10. The molecule has 2 aromatic carbocycles. The molecule has 0 bridgehead atoms. The number of hydrogen-bond donors (Lipinski definition) is 1. The second-order valence-electron chi connectivity index (χ2n) is 6.24. The monoisotopic (exact) mass is 411 g/mol. The molecule has 0 saturated carbocycles. The van der Waals surface area contributed by atoms with E-state index in [0.29, 0.717) is 5.01 Å². The lowest BCUT2D eigenvalue weighted by Gasteiger charge is -2.09. The van der Waals surface area contributed by atoms with E-state index in [4.69, 9.17) is 4.74 Å². The molecule has 29 heavy (non-hydrogen) atoms. The number of benzene rings is 2. The molecule has 8 nitrogen and oxygen atoms in total.